The van der Waals surface area contributed by atoms with Crippen LogP contribution < -0.4 is 0 Å². The molecule has 3 rings (SSSR count). The van der Waals surface area contributed by atoms with Gasteiger partial charge >= 0.3 is 11.9 Å². The van der Waals surface area contributed by atoms with E-state index >= 15 is 0 Å². The molecule has 0 radical (unpaired) electrons. The summed E-state index contributed by atoms with van der Waals surface area (Å²) in [5, 5.41) is 4.00. The first-order chi connectivity index (χ1) is 17.6. The molecule has 0 aliphatic heterocycles. The van der Waals surface area contributed by atoms with Gasteiger partial charge in [-0.25, -0.2) is 9.59 Å². The second-order valence-electron chi connectivity index (χ2n) is 9.78. The van der Waals surface area contributed by atoms with E-state index in [1.165, 1.54) is 51.4 Å². The third-order valence-electron chi connectivity index (χ3n) is 6.73. The summed E-state index contributed by atoms with van der Waals surface area (Å²) in [5.74, 6) is -0.539. The van der Waals surface area contributed by atoms with Crippen molar-refractivity contribution < 1.29 is 19.1 Å². The molecule has 0 N–H and O–H groups in total. The number of rotatable bonds is 16. The zero-order valence-electron chi connectivity index (χ0n) is 22.2. The molecule has 0 saturated carbocycles. The largest absolute Gasteiger partial charge is 0.462 e. The van der Waals surface area contributed by atoms with Gasteiger partial charge in [-0.3, -0.25) is 0 Å². The van der Waals surface area contributed by atoms with Gasteiger partial charge in [0.1, 0.15) is 0 Å². The smallest absolute Gasteiger partial charge is 0.338 e. The lowest BCUT2D eigenvalue weighted by Gasteiger charge is -2.09. The van der Waals surface area contributed by atoms with E-state index in [0.29, 0.717) is 24.3 Å². The fraction of sp³-hybridized carbons (Fsp3) is 0.500. The molecule has 4 heteroatoms. The van der Waals surface area contributed by atoms with Gasteiger partial charge in [-0.15, -0.1) is 0 Å². The average Bonchev–Trinajstić information content (AvgIpc) is 2.90. The van der Waals surface area contributed by atoms with E-state index in [9.17, 15) is 9.59 Å². The fourth-order valence-electron chi connectivity index (χ4n) is 4.51. The van der Waals surface area contributed by atoms with E-state index in [4.69, 9.17) is 9.47 Å². The Bertz CT molecular complexity index is 1030. The van der Waals surface area contributed by atoms with Crippen LogP contribution in [0.15, 0.2) is 48.5 Å². The third kappa shape index (κ3) is 8.65. The Morgan fingerprint density at radius 2 is 0.889 bits per heavy atom. The molecule has 0 heterocycles. The van der Waals surface area contributed by atoms with Crippen LogP contribution in [0.4, 0.5) is 0 Å². The topological polar surface area (TPSA) is 52.6 Å². The highest BCUT2D eigenvalue weighted by Gasteiger charge is 2.11. The number of ether oxygens (including phenoxy) is 2. The second kappa shape index (κ2) is 15.3. The van der Waals surface area contributed by atoms with Gasteiger partial charge in [0, 0.05) is 0 Å². The number of hydrogen-bond donors (Lipinski definition) is 0. The molecule has 36 heavy (non-hydrogen) atoms. The van der Waals surface area contributed by atoms with Crippen LogP contribution in [-0.4, -0.2) is 25.2 Å². The van der Waals surface area contributed by atoms with Crippen molar-refractivity contribution in [3.05, 3.63) is 59.7 Å². The van der Waals surface area contributed by atoms with Crippen molar-refractivity contribution >= 4 is 33.5 Å². The van der Waals surface area contributed by atoms with Crippen LogP contribution in [0.2, 0.25) is 0 Å². The van der Waals surface area contributed by atoms with Gasteiger partial charge in [-0.2, -0.15) is 0 Å². The highest BCUT2D eigenvalue weighted by Crippen LogP contribution is 2.25. The molecule has 0 aliphatic carbocycles. The molecule has 3 aromatic rings. The molecule has 4 nitrogen and oxygen atoms in total. The summed E-state index contributed by atoms with van der Waals surface area (Å²) in [5.41, 5.74) is 1.14. The average molecular weight is 491 g/mol. The fourth-order valence-corrected chi connectivity index (χ4v) is 4.51. The van der Waals surface area contributed by atoms with Crippen molar-refractivity contribution in [2.24, 2.45) is 0 Å². The summed E-state index contributed by atoms with van der Waals surface area (Å²) < 4.78 is 11.0. The molecule has 3 aromatic carbocycles. The highest BCUT2D eigenvalue weighted by molar-refractivity contribution is 6.03. The molecule has 0 fully saturated rings. The van der Waals surface area contributed by atoms with Crippen molar-refractivity contribution in [2.75, 3.05) is 13.2 Å². The molecule has 0 atom stereocenters. The van der Waals surface area contributed by atoms with Crippen LogP contribution >= 0.6 is 0 Å². The molecular formula is C32H42O4. The van der Waals surface area contributed by atoms with Gasteiger partial charge < -0.3 is 9.47 Å². The molecule has 0 bridgehead atoms. The summed E-state index contributed by atoms with van der Waals surface area (Å²) >= 11 is 0. The van der Waals surface area contributed by atoms with Gasteiger partial charge in [0.05, 0.1) is 24.3 Å². The van der Waals surface area contributed by atoms with E-state index in [-0.39, 0.29) is 11.9 Å². The molecule has 0 aromatic heterocycles. The molecule has 0 saturated heterocycles. The summed E-state index contributed by atoms with van der Waals surface area (Å²) in [6.45, 7) is 5.36. The van der Waals surface area contributed by atoms with Gasteiger partial charge in [-0.1, -0.05) is 90.2 Å². The monoisotopic (exact) mass is 490 g/mol. The molecular weight excluding hydrogens is 448 g/mol. The van der Waals surface area contributed by atoms with Gasteiger partial charge in [0.15, 0.2) is 0 Å². The quantitative estimate of drug-likeness (QED) is 0.114. The molecule has 0 unspecified atom stereocenters. The predicted molar refractivity (Wildman–Crippen MR) is 149 cm³/mol. The number of carbonyl (C=O) groups is 2. The number of hydrogen-bond acceptors (Lipinski definition) is 4. The number of fused-ring (bicyclic) bond motifs is 2. The Kier molecular flexibility index (Phi) is 11.8. The summed E-state index contributed by atoms with van der Waals surface area (Å²) in [7, 11) is 0. The molecule has 194 valence electrons. The maximum Gasteiger partial charge on any atom is 0.338 e. The first-order valence-corrected chi connectivity index (χ1v) is 13.9. The zero-order valence-corrected chi connectivity index (χ0v) is 22.2. The minimum atomic E-state index is -0.269. The molecule has 0 aliphatic rings. The Hall–Kier alpha value is -2.88. The standard InChI is InChI=1S/C32H42O4/c1-3-5-7-9-11-13-19-35-31(33)27-17-15-25-22-30-24-28(18-16-26(30)21-29(25)23-27)32(34)36-20-14-12-10-8-6-4-2/h15-18,21-24H,3-14,19-20H2,1-2H3. The van der Waals surface area contributed by atoms with Crippen LogP contribution in [0.5, 0.6) is 0 Å². The van der Waals surface area contributed by atoms with Gasteiger partial charge in [0.25, 0.3) is 0 Å². The Morgan fingerprint density at radius 1 is 0.500 bits per heavy atom. The summed E-state index contributed by atoms with van der Waals surface area (Å²) in [6, 6.07) is 15.4. The molecule has 0 amide bonds. The lowest BCUT2D eigenvalue weighted by atomic mass is 10.00. The first kappa shape index (κ1) is 27.7. The van der Waals surface area contributed by atoms with Crippen LogP contribution in [-0.2, 0) is 9.47 Å². The first-order valence-electron chi connectivity index (χ1n) is 13.9. The maximum absolute atomic E-state index is 12.5. The van der Waals surface area contributed by atoms with Crippen molar-refractivity contribution in [3.63, 3.8) is 0 Å². The summed E-state index contributed by atoms with van der Waals surface area (Å²) in [6.07, 6.45) is 14.0. The van der Waals surface area contributed by atoms with Gasteiger partial charge in [0.2, 0.25) is 0 Å². The number of unbranched alkanes of at least 4 members (excludes halogenated alkanes) is 10. The lowest BCUT2D eigenvalue weighted by molar-refractivity contribution is 0.0488. The maximum atomic E-state index is 12.5. The van der Waals surface area contributed by atoms with Crippen molar-refractivity contribution in [3.8, 4) is 0 Å². The van der Waals surface area contributed by atoms with Crippen LogP contribution in [0.3, 0.4) is 0 Å². The van der Waals surface area contributed by atoms with E-state index in [2.05, 4.69) is 26.0 Å². The Morgan fingerprint density at radius 3 is 1.31 bits per heavy atom. The van der Waals surface area contributed by atoms with Crippen LogP contribution in [0, 0.1) is 0 Å². The lowest BCUT2D eigenvalue weighted by Crippen LogP contribution is -2.06. The van der Waals surface area contributed by atoms with Crippen LogP contribution in [0.25, 0.3) is 21.5 Å². The van der Waals surface area contributed by atoms with Crippen molar-refractivity contribution in [2.45, 2.75) is 90.9 Å². The Labute approximate surface area is 216 Å². The normalized spacial score (nSPS) is 11.2. The SMILES string of the molecule is CCCCCCCCOC(=O)c1ccc2cc3cc(C(=O)OCCCCCCCC)ccc3cc2c1. The minimum Gasteiger partial charge on any atom is -0.462 e. The minimum absolute atomic E-state index is 0.269. The van der Waals surface area contributed by atoms with E-state index < -0.39 is 0 Å². The summed E-state index contributed by atoms with van der Waals surface area (Å²) in [4.78, 5) is 25.0. The van der Waals surface area contributed by atoms with E-state index in [0.717, 1.165) is 47.2 Å². The van der Waals surface area contributed by atoms with Crippen molar-refractivity contribution in [1.82, 2.24) is 0 Å². The van der Waals surface area contributed by atoms with Crippen molar-refractivity contribution in [1.29, 1.82) is 0 Å². The molecule has 0 spiro atoms. The third-order valence-corrected chi connectivity index (χ3v) is 6.73. The number of esters is 2. The van der Waals surface area contributed by atoms with E-state index in [1.54, 1.807) is 0 Å². The zero-order chi connectivity index (χ0) is 25.6. The van der Waals surface area contributed by atoms with Gasteiger partial charge in [-0.05, 0) is 70.8 Å². The Balaban J connectivity index is 1.55. The van der Waals surface area contributed by atoms with E-state index in [1.807, 2.05) is 36.4 Å². The predicted octanol–water partition coefficient (Wildman–Crippen LogP) is 9.03. The highest BCUT2D eigenvalue weighted by atomic mass is 16.5. The second-order valence-corrected chi connectivity index (χ2v) is 9.78. The number of benzene rings is 3. The van der Waals surface area contributed by atoms with Crippen LogP contribution in [0.1, 0.15) is 112 Å². The number of carbonyl (C=O) groups excluding carboxylic acids is 2.